The van der Waals surface area contributed by atoms with E-state index in [0.29, 0.717) is 0 Å². The molecule has 0 aromatic carbocycles. The molecule has 0 unspecified atom stereocenters. The summed E-state index contributed by atoms with van der Waals surface area (Å²) in [5.74, 6) is -3.68. The molecule has 0 saturated carbocycles. The summed E-state index contributed by atoms with van der Waals surface area (Å²) in [6, 6.07) is 0. The van der Waals surface area contributed by atoms with Gasteiger partial charge in [-0.15, -0.1) is 10.2 Å². The van der Waals surface area contributed by atoms with Crippen molar-refractivity contribution in [1.29, 1.82) is 0 Å². The molecule has 0 radical (unpaired) electrons. The van der Waals surface area contributed by atoms with E-state index >= 15 is 0 Å². The number of nitrogens with zero attached hydrogens (tertiary/aromatic N) is 2. The Balaban J connectivity index is 2.33. The SMILES string of the molecule is Cc1nnc(CNCC(F)(F)C(F)F)o1. The van der Waals surface area contributed by atoms with Crippen molar-refractivity contribution in [2.75, 3.05) is 6.54 Å². The number of aryl methyl sites for hydroxylation is 1. The Kier molecular flexibility index (Phi) is 3.61. The average Bonchev–Trinajstić information content (AvgIpc) is 2.51. The fourth-order valence-corrected chi connectivity index (χ4v) is 0.822. The third-order valence-electron chi connectivity index (χ3n) is 1.52. The molecule has 1 rings (SSSR count). The van der Waals surface area contributed by atoms with Crippen molar-refractivity contribution in [3.8, 4) is 0 Å². The largest absolute Gasteiger partial charge is 0.424 e. The van der Waals surface area contributed by atoms with E-state index in [2.05, 4.69) is 15.5 Å². The second-order valence-corrected chi connectivity index (χ2v) is 2.88. The number of hydrogen-bond acceptors (Lipinski definition) is 4. The molecule has 0 aliphatic heterocycles. The first kappa shape index (κ1) is 11.9. The molecule has 86 valence electrons. The predicted molar refractivity (Wildman–Crippen MR) is 41.7 cm³/mol. The van der Waals surface area contributed by atoms with Crippen molar-refractivity contribution in [3.05, 3.63) is 11.8 Å². The van der Waals surface area contributed by atoms with Crippen LogP contribution in [0.5, 0.6) is 0 Å². The Morgan fingerprint density at radius 3 is 2.53 bits per heavy atom. The minimum atomic E-state index is -4.05. The summed E-state index contributed by atoms with van der Waals surface area (Å²) in [5, 5.41) is 9.05. The zero-order valence-electron chi connectivity index (χ0n) is 7.81. The Morgan fingerprint density at radius 1 is 1.40 bits per heavy atom. The molecule has 0 fully saturated rings. The van der Waals surface area contributed by atoms with Crippen LogP contribution in [0.2, 0.25) is 0 Å². The standard InChI is InChI=1S/C7H9F4N3O/c1-4-13-14-5(15-4)2-12-3-7(10,11)6(8)9/h6,12H,2-3H2,1H3. The first-order chi connectivity index (χ1) is 6.92. The first-order valence-electron chi connectivity index (χ1n) is 4.07. The molecule has 8 heteroatoms. The summed E-state index contributed by atoms with van der Waals surface area (Å²) in [6.07, 6.45) is -3.69. The van der Waals surface area contributed by atoms with Crippen molar-refractivity contribution in [3.63, 3.8) is 0 Å². The second kappa shape index (κ2) is 4.56. The maximum Gasteiger partial charge on any atom is 0.319 e. The Labute approximate surface area is 82.7 Å². The molecule has 1 N–H and O–H groups in total. The summed E-state index contributed by atoms with van der Waals surface area (Å²) in [6.45, 7) is 0.236. The lowest BCUT2D eigenvalue weighted by molar-refractivity contribution is -0.125. The zero-order chi connectivity index (χ0) is 11.5. The van der Waals surface area contributed by atoms with Crippen LogP contribution in [0.3, 0.4) is 0 Å². The quantitative estimate of drug-likeness (QED) is 0.772. The third kappa shape index (κ3) is 3.46. The normalized spacial score (nSPS) is 12.4. The smallest absolute Gasteiger partial charge is 0.319 e. The van der Waals surface area contributed by atoms with Gasteiger partial charge >= 0.3 is 12.3 Å². The summed E-state index contributed by atoms with van der Waals surface area (Å²) < 4.78 is 53.0. The zero-order valence-corrected chi connectivity index (χ0v) is 7.81. The highest BCUT2D eigenvalue weighted by atomic mass is 19.3. The molecular formula is C7H9F4N3O. The van der Waals surface area contributed by atoms with E-state index in [1.54, 1.807) is 0 Å². The highest BCUT2D eigenvalue weighted by Crippen LogP contribution is 2.21. The minimum absolute atomic E-state index is 0.0811. The van der Waals surface area contributed by atoms with Gasteiger partial charge in [0.2, 0.25) is 11.8 Å². The van der Waals surface area contributed by atoms with E-state index in [-0.39, 0.29) is 18.3 Å². The van der Waals surface area contributed by atoms with Crippen LogP contribution in [0.25, 0.3) is 0 Å². The molecule has 1 aromatic rings. The molecule has 15 heavy (non-hydrogen) atoms. The fraction of sp³-hybridized carbons (Fsp3) is 0.714. The molecule has 0 bridgehead atoms. The fourth-order valence-electron chi connectivity index (χ4n) is 0.822. The molecule has 0 aliphatic rings. The third-order valence-corrected chi connectivity index (χ3v) is 1.52. The van der Waals surface area contributed by atoms with Crippen molar-refractivity contribution in [1.82, 2.24) is 15.5 Å². The van der Waals surface area contributed by atoms with Crippen LogP contribution >= 0.6 is 0 Å². The number of alkyl halides is 4. The van der Waals surface area contributed by atoms with E-state index in [4.69, 9.17) is 4.42 Å². The average molecular weight is 227 g/mol. The Morgan fingerprint density at radius 2 is 2.07 bits per heavy atom. The molecule has 0 saturated heterocycles. The number of nitrogens with one attached hydrogen (secondary N) is 1. The number of rotatable bonds is 5. The lowest BCUT2D eigenvalue weighted by atomic mass is 10.3. The van der Waals surface area contributed by atoms with E-state index in [9.17, 15) is 17.6 Å². The van der Waals surface area contributed by atoms with Gasteiger partial charge in [-0.2, -0.15) is 8.78 Å². The van der Waals surface area contributed by atoms with E-state index in [0.717, 1.165) is 0 Å². The van der Waals surface area contributed by atoms with Crippen LogP contribution < -0.4 is 5.32 Å². The predicted octanol–water partition coefficient (Wildman–Crippen LogP) is 1.37. The van der Waals surface area contributed by atoms with Gasteiger partial charge < -0.3 is 9.73 Å². The maximum absolute atomic E-state index is 12.4. The van der Waals surface area contributed by atoms with Gasteiger partial charge in [-0.05, 0) is 0 Å². The summed E-state index contributed by atoms with van der Waals surface area (Å²) in [7, 11) is 0. The minimum Gasteiger partial charge on any atom is -0.424 e. The summed E-state index contributed by atoms with van der Waals surface area (Å²) in [4.78, 5) is 0. The van der Waals surface area contributed by atoms with Gasteiger partial charge in [0.15, 0.2) is 0 Å². The van der Waals surface area contributed by atoms with Crippen LogP contribution in [0.1, 0.15) is 11.8 Å². The molecule has 4 nitrogen and oxygen atoms in total. The van der Waals surface area contributed by atoms with Gasteiger partial charge in [-0.1, -0.05) is 0 Å². The van der Waals surface area contributed by atoms with Gasteiger partial charge in [-0.3, -0.25) is 0 Å². The van der Waals surface area contributed by atoms with Crippen LogP contribution in [-0.4, -0.2) is 29.1 Å². The maximum atomic E-state index is 12.4. The number of aromatic nitrogens is 2. The van der Waals surface area contributed by atoms with Gasteiger partial charge in [0.05, 0.1) is 13.1 Å². The molecule has 0 amide bonds. The lowest BCUT2D eigenvalue weighted by Gasteiger charge is -2.14. The van der Waals surface area contributed by atoms with Crippen molar-refractivity contribution >= 4 is 0 Å². The monoisotopic (exact) mass is 227 g/mol. The van der Waals surface area contributed by atoms with E-state index in [1.165, 1.54) is 6.92 Å². The summed E-state index contributed by atoms with van der Waals surface area (Å²) >= 11 is 0. The van der Waals surface area contributed by atoms with Crippen LogP contribution in [-0.2, 0) is 6.54 Å². The Hall–Kier alpha value is -1.18. The van der Waals surface area contributed by atoms with Crippen molar-refractivity contribution in [2.45, 2.75) is 25.8 Å². The first-order valence-corrected chi connectivity index (χ1v) is 4.07. The highest BCUT2D eigenvalue weighted by Gasteiger charge is 2.40. The van der Waals surface area contributed by atoms with Crippen molar-refractivity contribution < 1.29 is 22.0 Å². The Bertz CT molecular complexity index is 315. The van der Waals surface area contributed by atoms with Crippen LogP contribution in [0, 0.1) is 6.92 Å². The van der Waals surface area contributed by atoms with E-state index < -0.39 is 18.9 Å². The van der Waals surface area contributed by atoms with E-state index in [1.807, 2.05) is 0 Å². The summed E-state index contributed by atoms with van der Waals surface area (Å²) in [5.41, 5.74) is 0. The van der Waals surface area contributed by atoms with Gasteiger partial charge in [0.25, 0.3) is 0 Å². The molecule has 1 heterocycles. The molecule has 0 atom stereocenters. The highest BCUT2D eigenvalue weighted by molar-refractivity contribution is 4.80. The number of hydrogen-bond donors (Lipinski definition) is 1. The molecule has 0 spiro atoms. The van der Waals surface area contributed by atoms with Gasteiger partial charge in [0, 0.05) is 6.92 Å². The van der Waals surface area contributed by atoms with Crippen LogP contribution in [0.4, 0.5) is 17.6 Å². The topological polar surface area (TPSA) is 51.0 Å². The molecular weight excluding hydrogens is 218 g/mol. The molecule has 1 aromatic heterocycles. The van der Waals surface area contributed by atoms with Crippen LogP contribution in [0.15, 0.2) is 4.42 Å². The van der Waals surface area contributed by atoms with Crippen molar-refractivity contribution in [2.24, 2.45) is 0 Å². The molecule has 0 aliphatic carbocycles. The second-order valence-electron chi connectivity index (χ2n) is 2.88. The van der Waals surface area contributed by atoms with Gasteiger partial charge in [0.1, 0.15) is 0 Å². The van der Waals surface area contributed by atoms with Gasteiger partial charge in [-0.25, -0.2) is 8.78 Å². The number of halogens is 4. The lowest BCUT2D eigenvalue weighted by Crippen LogP contribution is -2.38.